The molecule has 152 valence electrons. The summed E-state index contributed by atoms with van der Waals surface area (Å²) in [5.41, 5.74) is 1.55. The van der Waals surface area contributed by atoms with Gasteiger partial charge in [0.1, 0.15) is 13.2 Å². The molecule has 0 saturated carbocycles. The van der Waals surface area contributed by atoms with Crippen molar-refractivity contribution in [1.29, 1.82) is 0 Å². The highest BCUT2D eigenvalue weighted by Crippen LogP contribution is 2.33. The van der Waals surface area contributed by atoms with Gasteiger partial charge in [0.15, 0.2) is 11.5 Å². The molecule has 3 rings (SSSR count). The minimum absolute atomic E-state index is 0.0820. The maximum Gasteiger partial charge on any atom is 0.323 e. The number of amides is 2. The normalized spacial score (nSPS) is 14.3. The predicted octanol–water partition coefficient (Wildman–Crippen LogP) is 2.70. The van der Waals surface area contributed by atoms with Gasteiger partial charge in [-0.05, 0) is 42.3 Å². The van der Waals surface area contributed by atoms with E-state index in [-0.39, 0.29) is 17.7 Å². The molecule has 1 heterocycles. The second-order valence-corrected chi connectivity index (χ2v) is 6.33. The Balaban J connectivity index is 2.08. The predicted molar refractivity (Wildman–Crippen MR) is 110 cm³/mol. The van der Waals surface area contributed by atoms with Crippen molar-refractivity contribution in [3.05, 3.63) is 59.2 Å². The Bertz CT molecular complexity index is 1080. The lowest BCUT2D eigenvalue weighted by molar-refractivity contribution is -0.141. The number of carboxylic acids is 1. The van der Waals surface area contributed by atoms with Gasteiger partial charge in [0.25, 0.3) is 11.8 Å². The van der Waals surface area contributed by atoms with Crippen LogP contribution in [0, 0.1) is 12.3 Å². The molecule has 0 radical (unpaired) electrons. The first-order valence-corrected chi connectivity index (χ1v) is 9.18. The minimum Gasteiger partial charge on any atom is -0.490 e. The molecule has 2 aromatic rings. The number of rotatable bonds is 7. The van der Waals surface area contributed by atoms with E-state index in [1.54, 1.807) is 48.5 Å². The smallest absolute Gasteiger partial charge is 0.323 e. The van der Waals surface area contributed by atoms with E-state index in [2.05, 4.69) is 5.92 Å². The quantitative estimate of drug-likeness (QED) is 0.433. The molecule has 0 aromatic heterocycles. The van der Waals surface area contributed by atoms with Crippen molar-refractivity contribution in [2.24, 2.45) is 0 Å². The van der Waals surface area contributed by atoms with Crippen LogP contribution in [0.1, 0.15) is 28.4 Å². The molecular weight excluding hydrogens is 386 g/mol. The molecule has 1 N–H and O–H groups in total. The van der Waals surface area contributed by atoms with Gasteiger partial charge in [-0.2, -0.15) is 0 Å². The van der Waals surface area contributed by atoms with Gasteiger partial charge in [-0.1, -0.05) is 30.2 Å². The van der Waals surface area contributed by atoms with Crippen molar-refractivity contribution < 1.29 is 29.0 Å². The summed E-state index contributed by atoms with van der Waals surface area (Å²) in [6, 6.07) is 11.7. The molecule has 2 amide bonds. The van der Waals surface area contributed by atoms with E-state index in [0.717, 1.165) is 4.90 Å². The van der Waals surface area contributed by atoms with Gasteiger partial charge in [-0.15, -0.1) is 6.42 Å². The number of carbonyl (C=O) groups is 3. The molecule has 1 aliphatic rings. The second-order valence-electron chi connectivity index (χ2n) is 6.33. The topological polar surface area (TPSA) is 93.1 Å². The summed E-state index contributed by atoms with van der Waals surface area (Å²) in [5, 5.41) is 9.11. The summed E-state index contributed by atoms with van der Waals surface area (Å²) in [7, 11) is 0. The van der Waals surface area contributed by atoms with Gasteiger partial charge in [0.2, 0.25) is 0 Å². The highest BCUT2D eigenvalue weighted by Gasteiger charge is 2.35. The van der Waals surface area contributed by atoms with Gasteiger partial charge in [0.05, 0.1) is 6.61 Å². The monoisotopic (exact) mass is 405 g/mol. The zero-order valence-corrected chi connectivity index (χ0v) is 16.3. The fourth-order valence-corrected chi connectivity index (χ4v) is 3.11. The third-order valence-corrected chi connectivity index (χ3v) is 4.35. The first-order chi connectivity index (χ1) is 14.5. The van der Waals surface area contributed by atoms with Crippen molar-refractivity contribution in [3.8, 4) is 23.8 Å². The maximum absolute atomic E-state index is 13.0. The van der Waals surface area contributed by atoms with Crippen molar-refractivity contribution in [2.45, 2.75) is 6.92 Å². The number of fused-ring (bicyclic) bond motifs is 1. The number of nitrogens with zero attached hydrogens (tertiary/aromatic N) is 1. The van der Waals surface area contributed by atoms with Crippen LogP contribution in [0.2, 0.25) is 0 Å². The van der Waals surface area contributed by atoms with E-state index in [9.17, 15) is 14.4 Å². The van der Waals surface area contributed by atoms with Crippen molar-refractivity contribution in [2.75, 3.05) is 19.8 Å². The van der Waals surface area contributed by atoms with E-state index >= 15 is 0 Å². The second kappa shape index (κ2) is 8.97. The largest absolute Gasteiger partial charge is 0.490 e. The summed E-state index contributed by atoms with van der Waals surface area (Å²) in [6.45, 7) is 1.59. The lowest BCUT2D eigenvalue weighted by Crippen LogP contribution is -2.44. The number of benzene rings is 2. The maximum atomic E-state index is 13.0. The van der Waals surface area contributed by atoms with E-state index in [1.807, 2.05) is 6.92 Å². The van der Waals surface area contributed by atoms with Crippen LogP contribution in [0.5, 0.6) is 11.5 Å². The Kier molecular flexibility index (Phi) is 6.18. The molecule has 0 fully saturated rings. The fourth-order valence-electron chi connectivity index (χ4n) is 3.11. The average Bonchev–Trinajstić information content (AvgIpc) is 2.73. The SMILES string of the molecule is C#CCOc1ccc(/C=C2\C(=O)N(CC(=O)O)C(=O)c3ccccc32)cc1OCC. The third kappa shape index (κ3) is 4.18. The molecule has 2 aromatic carbocycles. The lowest BCUT2D eigenvalue weighted by Gasteiger charge is -2.27. The summed E-state index contributed by atoms with van der Waals surface area (Å²) in [5.74, 6) is 0.726. The van der Waals surface area contributed by atoms with E-state index in [4.69, 9.17) is 21.0 Å². The molecule has 0 atom stereocenters. The molecule has 0 aliphatic carbocycles. The molecule has 0 spiro atoms. The average molecular weight is 405 g/mol. The van der Waals surface area contributed by atoms with Gasteiger partial charge in [-0.3, -0.25) is 19.3 Å². The van der Waals surface area contributed by atoms with E-state index in [0.29, 0.717) is 29.2 Å². The number of carbonyl (C=O) groups excluding carboxylic acids is 2. The zero-order valence-electron chi connectivity index (χ0n) is 16.3. The number of hydrogen-bond donors (Lipinski definition) is 1. The first-order valence-electron chi connectivity index (χ1n) is 9.18. The summed E-state index contributed by atoms with van der Waals surface area (Å²) < 4.78 is 11.1. The van der Waals surface area contributed by atoms with E-state index < -0.39 is 24.3 Å². The van der Waals surface area contributed by atoms with Crippen molar-refractivity contribution in [1.82, 2.24) is 4.90 Å². The number of ether oxygens (including phenoxy) is 2. The molecule has 7 nitrogen and oxygen atoms in total. The Morgan fingerprint density at radius 2 is 1.83 bits per heavy atom. The summed E-state index contributed by atoms with van der Waals surface area (Å²) >= 11 is 0. The lowest BCUT2D eigenvalue weighted by atomic mass is 9.92. The van der Waals surface area contributed by atoms with E-state index in [1.165, 1.54) is 0 Å². The van der Waals surface area contributed by atoms with Gasteiger partial charge in [-0.25, -0.2) is 0 Å². The first kappa shape index (κ1) is 20.7. The number of aliphatic carboxylic acids is 1. The van der Waals surface area contributed by atoms with Gasteiger partial charge < -0.3 is 14.6 Å². The van der Waals surface area contributed by atoms with Gasteiger partial charge >= 0.3 is 5.97 Å². The molecular formula is C23H19NO6. The van der Waals surface area contributed by atoms with Crippen LogP contribution in [-0.4, -0.2) is 47.5 Å². The standard InChI is InChI=1S/C23H19NO6/c1-3-11-30-19-10-9-15(13-20(19)29-4-2)12-18-16-7-5-6-8-17(16)22(27)24(23(18)28)14-21(25)26/h1,5-10,12-13H,4,11,14H2,2H3,(H,25,26)/b18-12-. The Labute approximate surface area is 173 Å². The van der Waals surface area contributed by atoms with Crippen LogP contribution >= 0.6 is 0 Å². The van der Waals surface area contributed by atoms with Crippen LogP contribution in [0.15, 0.2) is 42.5 Å². The zero-order chi connectivity index (χ0) is 21.7. The number of hydrogen-bond acceptors (Lipinski definition) is 5. The van der Waals surface area contributed by atoms with Crippen LogP contribution in [0.3, 0.4) is 0 Å². The number of terminal acetylenes is 1. The summed E-state index contributed by atoms with van der Waals surface area (Å²) in [6.07, 6.45) is 6.83. The van der Waals surface area contributed by atoms with Crippen LogP contribution in [-0.2, 0) is 9.59 Å². The minimum atomic E-state index is -1.27. The number of carboxylic acid groups (broad SMARTS) is 1. The number of imide groups is 1. The molecule has 0 saturated heterocycles. The molecule has 0 unspecified atom stereocenters. The summed E-state index contributed by atoms with van der Waals surface area (Å²) in [4.78, 5) is 37.5. The van der Waals surface area contributed by atoms with Crippen molar-refractivity contribution >= 4 is 29.4 Å². The Morgan fingerprint density at radius 3 is 2.50 bits per heavy atom. The third-order valence-electron chi connectivity index (χ3n) is 4.35. The van der Waals surface area contributed by atoms with Gasteiger partial charge in [0, 0.05) is 11.1 Å². The highest BCUT2D eigenvalue weighted by molar-refractivity contribution is 6.34. The highest BCUT2D eigenvalue weighted by atomic mass is 16.5. The molecule has 1 aliphatic heterocycles. The van der Waals surface area contributed by atoms with Crippen LogP contribution < -0.4 is 9.47 Å². The molecule has 7 heteroatoms. The van der Waals surface area contributed by atoms with Crippen LogP contribution in [0.25, 0.3) is 11.6 Å². The fraction of sp³-hybridized carbons (Fsp3) is 0.174. The molecule has 30 heavy (non-hydrogen) atoms. The van der Waals surface area contributed by atoms with Crippen LogP contribution in [0.4, 0.5) is 0 Å². The Morgan fingerprint density at radius 1 is 1.10 bits per heavy atom. The Hall–Kier alpha value is -4.05. The van der Waals surface area contributed by atoms with Crippen molar-refractivity contribution in [3.63, 3.8) is 0 Å². The molecule has 0 bridgehead atoms.